The number of hydrazone groups is 1. The molecule has 1 amide bonds. The molecule has 0 fully saturated rings. The standard InChI is InChI=1S/C31H24ClN3O3/c1-19-16-20(2)28-24(17-19)27(21-10-4-3-5-11-21)29(34-28)30(36)35-33-18-22-12-6-9-15-26(22)38-31(37)23-13-7-8-14-25(23)32/h3-18,34H,1-2H3,(H,35,36). The van der Waals surface area contributed by atoms with Gasteiger partial charge in [-0.1, -0.05) is 77.8 Å². The maximum atomic E-state index is 13.3. The first kappa shape index (κ1) is 25.0. The first-order valence-corrected chi connectivity index (χ1v) is 12.4. The molecule has 0 bridgehead atoms. The summed E-state index contributed by atoms with van der Waals surface area (Å²) in [7, 11) is 0. The molecule has 0 aliphatic rings. The highest BCUT2D eigenvalue weighted by molar-refractivity contribution is 6.33. The number of nitrogens with zero attached hydrogens (tertiary/aromatic N) is 1. The van der Waals surface area contributed by atoms with Crippen LogP contribution in [0.25, 0.3) is 22.0 Å². The molecule has 4 aromatic carbocycles. The number of aryl methyl sites for hydroxylation is 2. The number of H-pyrrole nitrogens is 1. The summed E-state index contributed by atoms with van der Waals surface area (Å²) in [4.78, 5) is 29.3. The number of fused-ring (bicyclic) bond motifs is 1. The van der Waals surface area contributed by atoms with Gasteiger partial charge in [0.1, 0.15) is 11.4 Å². The molecule has 0 saturated heterocycles. The monoisotopic (exact) mass is 521 g/mol. The van der Waals surface area contributed by atoms with E-state index in [1.165, 1.54) is 6.21 Å². The Labute approximate surface area is 224 Å². The van der Waals surface area contributed by atoms with Crippen molar-refractivity contribution in [3.8, 4) is 16.9 Å². The lowest BCUT2D eigenvalue weighted by Gasteiger charge is -2.08. The van der Waals surface area contributed by atoms with Crippen molar-refractivity contribution in [1.82, 2.24) is 10.4 Å². The van der Waals surface area contributed by atoms with Gasteiger partial charge in [-0.25, -0.2) is 10.2 Å². The highest BCUT2D eigenvalue weighted by atomic mass is 35.5. The van der Waals surface area contributed by atoms with Crippen LogP contribution < -0.4 is 10.2 Å². The quantitative estimate of drug-likeness (QED) is 0.108. The first-order chi connectivity index (χ1) is 18.4. The summed E-state index contributed by atoms with van der Waals surface area (Å²) in [6.45, 7) is 4.05. The van der Waals surface area contributed by atoms with Crippen molar-refractivity contribution >= 4 is 40.6 Å². The number of ether oxygens (including phenoxy) is 1. The highest BCUT2D eigenvalue weighted by Crippen LogP contribution is 2.34. The van der Waals surface area contributed by atoms with Crippen LogP contribution in [0.1, 0.15) is 37.5 Å². The predicted octanol–water partition coefficient (Wildman–Crippen LogP) is 7.09. The summed E-state index contributed by atoms with van der Waals surface area (Å²) in [6, 6.07) is 27.5. The fourth-order valence-electron chi connectivity index (χ4n) is 4.41. The van der Waals surface area contributed by atoms with Gasteiger partial charge in [-0.05, 0) is 55.3 Å². The average Bonchev–Trinajstić information content (AvgIpc) is 3.30. The number of halogens is 1. The van der Waals surface area contributed by atoms with Crippen LogP contribution in [-0.2, 0) is 0 Å². The fourth-order valence-corrected chi connectivity index (χ4v) is 4.62. The number of hydrogen-bond donors (Lipinski definition) is 2. The summed E-state index contributed by atoms with van der Waals surface area (Å²) in [5.74, 6) is -0.687. The minimum absolute atomic E-state index is 0.256. The van der Waals surface area contributed by atoms with E-state index in [0.29, 0.717) is 16.3 Å². The Bertz CT molecular complexity index is 1690. The zero-order valence-corrected chi connectivity index (χ0v) is 21.5. The molecule has 5 aromatic rings. The average molecular weight is 522 g/mol. The first-order valence-electron chi connectivity index (χ1n) is 12.0. The second-order valence-electron chi connectivity index (χ2n) is 8.85. The van der Waals surface area contributed by atoms with Crippen molar-refractivity contribution in [1.29, 1.82) is 0 Å². The molecular weight excluding hydrogens is 498 g/mol. The Hall–Kier alpha value is -4.68. The number of nitrogens with one attached hydrogen (secondary N) is 2. The van der Waals surface area contributed by atoms with Gasteiger partial charge in [-0.3, -0.25) is 4.79 Å². The molecule has 0 aliphatic heterocycles. The van der Waals surface area contributed by atoms with Crippen molar-refractivity contribution in [3.63, 3.8) is 0 Å². The third kappa shape index (κ3) is 5.08. The number of aromatic amines is 1. The van der Waals surface area contributed by atoms with Gasteiger partial charge in [0.25, 0.3) is 5.91 Å². The molecule has 0 aliphatic carbocycles. The second-order valence-corrected chi connectivity index (χ2v) is 9.26. The predicted molar refractivity (Wildman–Crippen MR) is 151 cm³/mol. The Morgan fingerprint density at radius 2 is 1.63 bits per heavy atom. The van der Waals surface area contributed by atoms with Crippen LogP contribution in [0.15, 0.2) is 96.1 Å². The van der Waals surface area contributed by atoms with E-state index in [0.717, 1.165) is 33.2 Å². The van der Waals surface area contributed by atoms with E-state index in [4.69, 9.17) is 16.3 Å². The number of rotatable bonds is 6. The Morgan fingerprint density at radius 3 is 2.42 bits per heavy atom. The van der Waals surface area contributed by atoms with Crippen LogP contribution >= 0.6 is 11.6 Å². The van der Waals surface area contributed by atoms with Crippen molar-refractivity contribution in [2.45, 2.75) is 13.8 Å². The molecule has 0 spiro atoms. The van der Waals surface area contributed by atoms with Crippen LogP contribution in [-0.4, -0.2) is 23.1 Å². The third-order valence-corrected chi connectivity index (χ3v) is 6.45. The van der Waals surface area contributed by atoms with Crippen molar-refractivity contribution in [3.05, 3.63) is 124 Å². The number of benzene rings is 4. The zero-order valence-electron chi connectivity index (χ0n) is 20.8. The van der Waals surface area contributed by atoms with E-state index in [-0.39, 0.29) is 17.2 Å². The summed E-state index contributed by atoms with van der Waals surface area (Å²) in [6.07, 6.45) is 1.44. The number of hydrogen-bond acceptors (Lipinski definition) is 4. The normalized spacial score (nSPS) is 11.1. The number of carbonyl (C=O) groups excluding carboxylic acids is 2. The summed E-state index contributed by atoms with van der Waals surface area (Å²) in [5, 5.41) is 5.43. The fraction of sp³-hybridized carbons (Fsp3) is 0.0645. The lowest BCUT2D eigenvalue weighted by Crippen LogP contribution is -2.19. The molecule has 0 radical (unpaired) electrons. The highest BCUT2D eigenvalue weighted by Gasteiger charge is 2.20. The van der Waals surface area contributed by atoms with Crippen LogP contribution in [0, 0.1) is 13.8 Å². The molecule has 0 saturated carbocycles. The molecule has 2 N–H and O–H groups in total. The van der Waals surface area contributed by atoms with E-state index in [2.05, 4.69) is 27.6 Å². The van der Waals surface area contributed by atoms with Crippen LogP contribution in [0.5, 0.6) is 5.75 Å². The van der Waals surface area contributed by atoms with Gasteiger partial charge in [0, 0.05) is 22.0 Å². The molecule has 1 heterocycles. The third-order valence-electron chi connectivity index (χ3n) is 6.12. The van der Waals surface area contributed by atoms with Gasteiger partial charge >= 0.3 is 5.97 Å². The van der Waals surface area contributed by atoms with Crippen LogP contribution in [0.2, 0.25) is 5.02 Å². The second kappa shape index (κ2) is 10.7. The smallest absolute Gasteiger partial charge is 0.345 e. The molecule has 188 valence electrons. The largest absolute Gasteiger partial charge is 0.422 e. The maximum Gasteiger partial charge on any atom is 0.345 e. The molecule has 6 nitrogen and oxygen atoms in total. The van der Waals surface area contributed by atoms with E-state index in [1.54, 1.807) is 48.5 Å². The molecule has 1 aromatic heterocycles. The molecule has 0 atom stereocenters. The Kier molecular flexibility index (Phi) is 7.07. The molecule has 0 unspecified atom stereocenters. The van der Waals surface area contributed by atoms with Crippen LogP contribution in [0.3, 0.4) is 0 Å². The van der Waals surface area contributed by atoms with Crippen molar-refractivity contribution in [2.75, 3.05) is 0 Å². The van der Waals surface area contributed by atoms with Crippen molar-refractivity contribution in [2.24, 2.45) is 5.10 Å². The van der Waals surface area contributed by atoms with Crippen LogP contribution in [0.4, 0.5) is 0 Å². The van der Waals surface area contributed by atoms with Gasteiger partial charge in [0.15, 0.2) is 0 Å². The summed E-state index contributed by atoms with van der Waals surface area (Å²) < 4.78 is 5.56. The molecule has 5 rings (SSSR count). The van der Waals surface area contributed by atoms with Gasteiger partial charge in [0.05, 0.1) is 16.8 Å². The number of aromatic nitrogens is 1. The molecule has 7 heteroatoms. The number of amides is 1. The lowest BCUT2D eigenvalue weighted by molar-refractivity contribution is 0.0734. The van der Waals surface area contributed by atoms with Gasteiger partial charge in [-0.15, -0.1) is 0 Å². The van der Waals surface area contributed by atoms with Crippen molar-refractivity contribution < 1.29 is 14.3 Å². The lowest BCUT2D eigenvalue weighted by atomic mass is 9.99. The Morgan fingerprint density at radius 1 is 0.921 bits per heavy atom. The number of para-hydroxylation sites is 1. The number of esters is 1. The molecular formula is C31H24ClN3O3. The van der Waals surface area contributed by atoms with E-state index < -0.39 is 5.97 Å². The number of carbonyl (C=O) groups is 2. The SMILES string of the molecule is Cc1cc(C)c2[nH]c(C(=O)NN=Cc3ccccc3OC(=O)c3ccccc3Cl)c(-c3ccccc3)c2c1. The van der Waals surface area contributed by atoms with E-state index in [9.17, 15) is 9.59 Å². The topological polar surface area (TPSA) is 83.6 Å². The van der Waals surface area contributed by atoms with Gasteiger partial charge in [0.2, 0.25) is 0 Å². The summed E-state index contributed by atoms with van der Waals surface area (Å²) in [5.41, 5.74) is 8.60. The maximum absolute atomic E-state index is 13.3. The van der Waals surface area contributed by atoms with Gasteiger partial charge < -0.3 is 9.72 Å². The van der Waals surface area contributed by atoms with Gasteiger partial charge in [-0.2, -0.15) is 5.10 Å². The summed E-state index contributed by atoms with van der Waals surface area (Å²) >= 11 is 6.13. The Balaban J connectivity index is 1.42. The zero-order chi connectivity index (χ0) is 26.6. The van der Waals surface area contributed by atoms with E-state index in [1.807, 2.05) is 44.2 Å². The minimum atomic E-state index is -0.586. The minimum Gasteiger partial charge on any atom is -0.422 e. The van der Waals surface area contributed by atoms with E-state index >= 15 is 0 Å². The molecule has 38 heavy (non-hydrogen) atoms.